The fourth-order valence-electron chi connectivity index (χ4n) is 12.9. The first kappa shape index (κ1) is 32.2. The summed E-state index contributed by atoms with van der Waals surface area (Å²) in [7, 11) is 0.644. The molecular weight excluding hydrogens is 598 g/mol. The summed E-state index contributed by atoms with van der Waals surface area (Å²) in [6, 6.07) is 19.2. The van der Waals surface area contributed by atoms with E-state index in [0.717, 1.165) is 35.5 Å². The first-order valence-corrected chi connectivity index (χ1v) is 21.3. The first-order chi connectivity index (χ1) is 21.7. The van der Waals surface area contributed by atoms with E-state index in [2.05, 4.69) is 101 Å². The molecule has 0 radical (unpaired) electrons. The van der Waals surface area contributed by atoms with E-state index in [-0.39, 0.29) is 24.1 Å². The van der Waals surface area contributed by atoms with Crippen LogP contribution >= 0.6 is 7.92 Å². The van der Waals surface area contributed by atoms with Crippen LogP contribution < -0.4 is 5.30 Å². The third-order valence-electron chi connectivity index (χ3n) is 13.7. The molecule has 46 heavy (non-hydrogen) atoms. The van der Waals surface area contributed by atoms with Crippen LogP contribution in [0.1, 0.15) is 141 Å². The van der Waals surface area contributed by atoms with Crippen molar-refractivity contribution >= 4 is 24.2 Å². The Hall–Kier alpha value is -1.02. The Morgan fingerprint density at radius 3 is 1.48 bits per heavy atom. The molecule has 8 bridgehead atoms. The lowest BCUT2D eigenvalue weighted by Gasteiger charge is -2.67. The molecule has 8 fully saturated rings. The van der Waals surface area contributed by atoms with Gasteiger partial charge in [0.05, 0.1) is 10.8 Å². The van der Waals surface area contributed by atoms with Crippen LogP contribution in [0.3, 0.4) is 0 Å². The van der Waals surface area contributed by atoms with Gasteiger partial charge in [0.1, 0.15) is 11.0 Å². The molecule has 250 valence electrons. The molecule has 2 atom stereocenters. The number of hydrogen-bond donors (Lipinski definition) is 0. The Kier molecular flexibility index (Phi) is 7.88. The van der Waals surface area contributed by atoms with Gasteiger partial charge in [-0.25, -0.2) is 8.51 Å². The normalized spacial score (nSPS) is 38.3. The summed E-state index contributed by atoms with van der Waals surface area (Å²) in [5, 5.41) is 2.73. The Morgan fingerprint density at radius 2 is 1.09 bits per heavy atom. The van der Waals surface area contributed by atoms with E-state index in [1.807, 2.05) is 0 Å². The second-order valence-corrected chi connectivity index (χ2v) is 24.7. The van der Waals surface area contributed by atoms with Crippen molar-refractivity contribution in [1.82, 2.24) is 4.31 Å². The summed E-state index contributed by atoms with van der Waals surface area (Å²) in [6.07, 6.45) is 18.1. The molecule has 8 aliphatic carbocycles. The van der Waals surface area contributed by atoms with Gasteiger partial charge in [-0.2, -0.15) is 0 Å². The summed E-state index contributed by atoms with van der Waals surface area (Å²) in [5.41, 5.74) is 4.25. The molecule has 0 saturated heterocycles. The summed E-state index contributed by atoms with van der Waals surface area (Å²) in [4.78, 5) is 0. The zero-order valence-corrected chi connectivity index (χ0v) is 31.6. The maximum absolute atomic E-state index is 14.3. The molecule has 0 aromatic heterocycles. The second kappa shape index (κ2) is 11.3. The van der Waals surface area contributed by atoms with Crippen molar-refractivity contribution in [1.29, 1.82) is 0 Å². The zero-order chi connectivity index (χ0) is 32.2. The minimum Gasteiger partial charge on any atom is -0.242 e. The Labute approximate surface area is 284 Å². The van der Waals surface area contributed by atoms with Gasteiger partial charge in [0.15, 0.2) is 0 Å². The molecule has 8 saturated carbocycles. The second-order valence-electron chi connectivity index (χ2n) is 19.4. The maximum Gasteiger partial charge on any atom is 0.100 e. The highest BCUT2D eigenvalue weighted by Crippen LogP contribution is 2.78. The lowest BCUT2D eigenvalue weighted by molar-refractivity contribution is 0.0195. The quantitative estimate of drug-likeness (QED) is 0.271. The summed E-state index contributed by atoms with van der Waals surface area (Å²) >= 11 is 0. The van der Waals surface area contributed by atoms with E-state index < -0.39 is 11.0 Å². The minimum absolute atomic E-state index is 0.0156. The van der Waals surface area contributed by atoms with E-state index in [4.69, 9.17) is 0 Å². The molecule has 0 unspecified atom stereocenters. The third-order valence-corrected chi connectivity index (χ3v) is 19.3. The van der Waals surface area contributed by atoms with Gasteiger partial charge < -0.3 is 0 Å². The van der Waals surface area contributed by atoms with Crippen molar-refractivity contribution in [3.63, 3.8) is 0 Å². The van der Waals surface area contributed by atoms with E-state index in [1.54, 1.807) is 5.30 Å². The number of hydrogen-bond acceptors (Lipinski definition) is 1. The summed E-state index contributed by atoms with van der Waals surface area (Å²) in [5.74, 6) is 5.80. The highest BCUT2D eigenvalue weighted by atomic mass is 32.2. The van der Waals surface area contributed by atoms with Gasteiger partial charge in [0.25, 0.3) is 0 Å². The fraction of sp³-hybridized carbons (Fsp3) is 0.714. The van der Waals surface area contributed by atoms with E-state index in [0.29, 0.717) is 10.3 Å². The van der Waals surface area contributed by atoms with Crippen LogP contribution in [-0.2, 0) is 16.4 Å². The molecule has 10 rings (SSSR count). The number of rotatable bonds is 7. The predicted octanol–water partition coefficient (Wildman–Crippen LogP) is 10.5. The predicted molar refractivity (Wildman–Crippen MR) is 197 cm³/mol. The molecule has 2 aromatic rings. The van der Waals surface area contributed by atoms with Crippen molar-refractivity contribution in [2.24, 2.45) is 35.5 Å². The molecule has 0 aliphatic heterocycles. The Bertz CT molecular complexity index is 1370. The largest absolute Gasteiger partial charge is 0.242 e. The van der Waals surface area contributed by atoms with Gasteiger partial charge >= 0.3 is 0 Å². The molecule has 2 aromatic carbocycles. The lowest BCUT2D eigenvalue weighted by atomic mass is 9.55. The van der Waals surface area contributed by atoms with Crippen LogP contribution in [0.4, 0.5) is 0 Å². The molecule has 0 amide bonds. The highest BCUT2D eigenvalue weighted by molar-refractivity contribution is 7.84. The molecule has 0 heterocycles. The lowest BCUT2D eigenvalue weighted by Crippen LogP contribution is -2.58. The van der Waals surface area contributed by atoms with E-state index in [9.17, 15) is 4.21 Å². The van der Waals surface area contributed by atoms with E-state index in [1.165, 1.54) is 93.7 Å². The standard InChI is InChI=1S/C42H60NOPS/c1-39(2,3)35-14-12-34(13-15-35)38(43(7)46(44)40(4,5)6)36-10-8-9-11-37(36)45(41-22-28-16-29(23-41)18-30(17-28)24-41)42-25-31-19-32(26-42)21-33(20-31)27-42/h8-15,28-33,38H,16-27H2,1-7H3/t28?,29?,30?,31?,32?,33?,38-,41?,42?,45?,46+/m0/s1. The fourth-order valence-corrected chi connectivity index (χ4v) is 19.5. The first-order valence-electron chi connectivity index (χ1n) is 18.9. The molecule has 2 nitrogen and oxygen atoms in total. The van der Waals surface area contributed by atoms with Crippen LogP contribution in [0, 0.1) is 35.5 Å². The molecule has 8 aliphatic rings. The van der Waals surface area contributed by atoms with Gasteiger partial charge in [-0.3, -0.25) is 0 Å². The van der Waals surface area contributed by atoms with Crippen molar-refractivity contribution in [3.05, 3.63) is 65.2 Å². The van der Waals surface area contributed by atoms with Crippen LogP contribution in [0.15, 0.2) is 48.5 Å². The van der Waals surface area contributed by atoms with Gasteiger partial charge in [0, 0.05) is 7.05 Å². The molecule has 4 heteroatoms. The summed E-state index contributed by atoms with van der Waals surface area (Å²) in [6.45, 7) is 13.3. The molecular formula is C42H60NOPS. The van der Waals surface area contributed by atoms with Crippen molar-refractivity contribution < 1.29 is 4.21 Å². The number of nitrogens with zero attached hydrogens (tertiary/aromatic N) is 1. The highest BCUT2D eigenvalue weighted by Gasteiger charge is 2.63. The van der Waals surface area contributed by atoms with Gasteiger partial charge in [-0.1, -0.05) is 77.2 Å². The van der Waals surface area contributed by atoms with E-state index >= 15 is 0 Å². The number of benzene rings is 2. The van der Waals surface area contributed by atoms with Gasteiger partial charge in [-0.15, -0.1) is 0 Å². The monoisotopic (exact) mass is 657 g/mol. The Morgan fingerprint density at radius 1 is 0.674 bits per heavy atom. The SMILES string of the molecule is CN([C@@H](c1ccc(C(C)(C)C)cc1)c1ccccc1P(C12CC3CC(CC(C3)C1)C2)C12CC3CC(CC(C3)C1)C2)[S@](=O)C(C)(C)C. The smallest absolute Gasteiger partial charge is 0.100 e. The van der Waals surface area contributed by atoms with Gasteiger partial charge in [-0.05, 0) is 171 Å². The maximum atomic E-state index is 14.3. The average molecular weight is 658 g/mol. The van der Waals surface area contributed by atoms with Crippen LogP contribution in [0.25, 0.3) is 0 Å². The topological polar surface area (TPSA) is 20.3 Å². The molecule has 0 N–H and O–H groups in total. The van der Waals surface area contributed by atoms with Crippen LogP contribution in [-0.4, -0.2) is 30.6 Å². The average Bonchev–Trinajstić information content (AvgIpc) is 2.95. The van der Waals surface area contributed by atoms with Crippen LogP contribution in [0.5, 0.6) is 0 Å². The van der Waals surface area contributed by atoms with Crippen LogP contribution in [0.2, 0.25) is 0 Å². The van der Waals surface area contributed by atoms with Crippen molar-refractivity contribution in [3.8, 4) is 0 Å². The minimum atomic E-state index is -1.14. The zero-order valence-electron chi connectivity index (χ0n) is 29.9. The Balaban J connectivity index is 1.31. The summed E-state index contributed by atoms with van der Waals surface area (Å²) < 4.78 is 16.3. The third kappa shape index (κ3) is 5.44. The van der Waals surface area contributed by atoms with Gasteiger partial charge in [0.2, 0.25) is 0 Å². The van der Waals surface area contributed by atoms with Crippen molar-refractivity contribution in [2.75, 3.05) is 7.05 Å². The molecule has 0 spiro atoms. The van der Waals surface area contributed by atoms with Crippen molar-refractivity contribution in [2.45, 2.75) is 145 Å².